The molecular weight excluding hydrogens is 242 g/mol. The van der Waals surface area contributed by atoms with Crippen molar-refractivity contribution in [2.24, 2.45) is 0 Å². The van der Waals surface area contributed by atoms with E-state index in [0.29, 0.717) is 24.2 Å². The summed E-state index contributed by atoms with van der Waals surface area (Å²) >= 11 is 0. The molecule has 4 N–H and O–H groups in total. The molecule has 2 aromatic rings. The summed E-state index contributed by atoms with van der Waals surface area (Å²) < 4.78 is 0. The molecule has 1 aromatic heterocycles. The number of benzene rings is 1. The Bertz CT molecular complexity index is 589. The maximum absolute atomic E-state index is 12.3. The van der Waals surface area contributed by atoms with Crippen LogP contribution in [0.15, 0.2) is 24.4 Å². The molecule has 0 aliphatic carbocycles. The van der Waals surface area contributed by atoms with Crippen LogP contribution in [-0.2, 0) is 0 Å². The summed E-state index contributed by atoms with van der Waals surface area (Å²) in [6.45, 7) is 2.24. The number of aliphatic hydroxyl groups is 1. The van der Waals surface area contributed by atoms with E-state index in [4.69, 9.17) is 5.73 Å². The van der Waals surface area contributed by atoms with Crippen molar-refractivity contribution in [2.45, 2.75) is 19.4 Å². The molecule has 19 heavy (non-hydrogen) atoms. The van der Waals surface area contributed by atoms with Gasteiger partial charge in [0.2, 0.25) is 0 Å². The van der Waals surface area contributed by atoms with E-state index in [9.17, 15) is 9.90 Å². The number of aliphatic hydroxyl groups excluding tert-OH is 1. The number of aromatic nitrogens is 1. The van der Waals surface area contributed by atoms with Gasteiger partial charge < -0.3 is 20.7 Å². The standard InChI is InChI=1S/C14H19N3O2/c1-9(18)5-6-17(2)14(19)12-8-16-13-7-10(15)3-4-11(12)13/h3-4,7-9,16,18H,5-6,15H2,1-2H3. The average molecular weight is 261 g/mol. The molecule has 0 radical (unpaired) electrons. The van der Waals surface area contributed by atoms with Gasteiger partial charge in [0.05, 0.1) is 11.7 Å². The highest BCUT2D eigenvalue weighted by Gasteiger charge is 2.16. The van der Waals surface area contributed by atoms with Crippen LogP contribution in [0.25, 0.3) is 10.9 Å². The lowest BCUT2D eigenvalue weighted by Crippen LogP contribution is -2.29. The second kappa shape index (κ2) is 5.32. The summed E-state index contributed by atoms with van der Waals surface area (Å²) in [4.78, 5) is 17.0. The van der Waals surface area contributed by atoms with E-state index in [-0.39, 0.29) is 5.91 Å². The van der Waals surface area contributed by atoms with Gasteiger partial charge in [0, 0.05) is 36.4 Å². The Morgan fingerprint density at radius 2 is 2.26 bits per heavy atom. The molecule has 0 aliphatic rings. The van der Waals surface area contributed by atoms with Gasteiger partial charge in [0.1, 0.15) is 0 Å². The number of amides is 1. The molecule has 1 atom stereocenters. The Balaban J connectivity index is 2.21. The quantitative estimate of drug-likeness (QED) is 0.731. The Morgan fingerprint density at radius 3 is 2.95 bits per heavy atom. The van der Waals surface area contributed by atoms with E-state index in [2.05, 4.69) is 4.98 Å². The maximum atomic E-state index is 12.3. The first-order valence-electron chi connectivity index (χ1n) is 6.29. The zero-order chi connectivity index (χ0) is 14.0. The molecule has 0 aliphatic heterocycles. The summed E-state index contributed by atoms with van der Waals surface area (Å²) in [7, 11) is 1.74. The Morgan fingerprint density at radius 1 is 1.53 bits per heavy atom. The van der Waals surface area contributed by atoms with Gasteiger partial charge in [-0.05, 0) is 31.5 Å². The van der Waals surface area contributed by atoms with Gasteiger partial charge in [-0.15, -0.1) is 0 Å². The molecule has 1 heterocycles. The van der Waals surface area contributed by atoms with Crippen LogP contribution in [0.2, 0.25) is 0 Å². The van der Waals surface area contributed by atoms with E-state index < -0.39 is 6.10 Å². The van der Waals surface area contributed by atoms with Crippen molar-refractivity contribution < 1.29 is 9.90 Å². The molecular formula is C14H19N3O2. The van der Waals surface area contributed by atoms with Gasteiger partial charge in [-0.1, -0.05) is 0 Å². The smallest absolute Gasteiger partial charge is 0.255 e. The highest BCUT2D eigenvalue weighted by Crippen LogP contribution is 2.21. The van der Waals surface area contributed by atoms with Crippen LogP contribution in [0.4, 0.5) is 5.69 Å². The number of hydrogen-bond acceptors (Lipinski definition) is 3. The topological polar surface area (TPSA) is 82.3 Å². The molecule has 2 rings (SSSR count). The molecule has 0 fully saturated rings. The molecule has 5 heteroatoms. The SMILES string of the molecule is CC(O)CCN(C)C(=O)c1c[nH]c2cc(N)ccc12. The average Bonchev–Trinajstić information content (AvgIpc) is 2.77. The van der Waals surface area contributed by atoms with Crippen molar-refractivity contribution in [3.63, 3.8) is 0 Å². The van der Waals surface area contributed by atoms with Crippen molar-refractivity contribution in [2.75, 3.05) is 19.3 Å². The summed E-state index contributed by atoms with van der Waals surface area (Å²) in [6, 6.07) is 5.43. The molecule has 0 saturated heterocycles. The van der Waals surface area contributed by atoms with Crippen LogP contribution in [-0.4, -0.2) is 40.6 Å². The third-order valence-electron chi connectivity index (χ3n) is 3.17. The van der Waals surface area contributed by atoms with Crippen molar-refractivity contribution in [1.29, 1.82) is 0 Å². The van der Waals surface area contributed by atoms with Crippen LogP contribution in [0.1, 0.15) is 23.7 Å². The molecule has 0 bridgehead atoms. The second-order valence-electron chi connectivity index (χ2n) is 4.87. The fourth-order valence-electron chi connectivity index (χ4n) is 2.01. The number of H-pyrrole nitrogens is 1. The summed E-state index contributed by atoms with van der Waals surface area (Å²) in [5.74, 6) is -0.0586. The van der Waals surface area contributed by atoms with Gasteiger partial charge in [-0.3, -0.25) is 4.79 Å². The zero-order valence-corrected chi connectivity index (χ0v) is 11.2. The monoisotopic (exact) mass is 261 g/mol. The van der Waals surface area contributed by atoms with Gasteiger partial charge in [-0.2, -0.15) is 0 Å². The van der Waals surface area contributed by atoms with Crippen LogP contribution in [0.3, 0.4) is 0 Å². The van der Waals surface area contributed by atoms with Crippen LogP contribution in [0.5, 0.6) is 0 Å². The number of nitrogens with one attached hydrogen (secondary N) is 1. The lowest BCUT2D eigenvalue weighted by Gasteiger charge is -2.17. The van der Waals surface area contributed by atoms with Gasteiger partial charge in [0.15, 0.2) is 0 Å². The number of fused-ring (bicyclic) bond motifs is 1. The Labute approximate surface area is 112 Å². The minimum atomic E-state index is -0.405. The van der Waals surface area contributed by atoms with Crippen molar-refractivity contribution in [3.05, 3.63) is 30.0 Å². The second-order valence-corrected chi connectivity index (χ2v) is 4.87. The number of aromatic amines is 1. The summed E-state index contributed by atoms with van der Waals surface area (Å²) in [5, 5.41) is 10.1. The normalized spacial score (nSPS) is 12.6. The number of nitrogen functional groups attached to an aromatic ring is 1. The van der Waals surface area contributed by atoms with E-state index in [1.54, 1.807) is 31.1 Å². The molecule has 0 saturated carbocycles. The number of rotatable bonds is 4. The van der Waals surface area contributed by atoms with Gasteiger partial charge in [0.25, 0.3) is 5.91 Å². The van der Waals surface area contributed by atoms with Gasteiger partial charge in [-0.25, -0.2) is 0 Å². The van der Waals surface area contributed by atoms with E-state index in [0.717, 1.165) is 10.9 Å². The first-order valence-corrected chi connectivity index (χ1v) is 6.29. The van der Waals surface area contributed by atoms with Crippen LogP contribution >= 0.6 is 0 Å². The number of carbonyl (C=O) groups excluding carboxylic acids is 1. The maximum Gasteiger partial charge on any atom is 0.255 e. The number of carbonyl (C=O) groups is 1. The minimum absolute atomic E-state index is 0.0586. The fourth-order valence-corrected chi connectivity index (χ4v) is 2.01. The van der Waals surface area contributed by atoms with Crippen molar-refractivity contribution >= 4 is 22.5 Å². The molecule has 1 aromatic carbocycles. The van der Waals surface area contributed by atoms with Crippen molar-refractivity contribution in [3.8, 4) is 0 Å². The Hall–Kier alpha value is -2.01. The zero-order valence-electron chi connectivity index (χ0n) is 11.2. The lowest BCUT2D eigenvalue weighted by molar-refractivity contribution is 0.0771. The number of nitrogens with two attached hydrogens (primary N) is 1. The van der Waals surface area contributed by atoms with Crippen LogP contribution < -0.4 is 5.73 Å². The fraction of sp³-hybridized carbons (Fsp3) is 0.357. The largest absolute Gasteiger partial charge is 0.399 e. The van der Waals surface area contributed by atoms with Gasteiger partial charge >= 0.3 is 0 Å². The first kappa shape index (κ1) is 13.4. The highest BCUT2D eigenvalue weighted by molar-refractivity contribution is 6.07. The molecule has 102 valence electrons. The summed E-state index contributed by atoms with van der Waals surface area (Å²) in [6.07, 6.45) is 1.86. The number of anilines is 1. The molecule has 5 nitrogen and oxygen atoms in total. The predicted molar refractivity (Wildman–Crippen MR) is 76.0 cm³/mol. The van der Waals surface area contributed by atoms with Crippen molar-refractivity contribution in [1.82, 2.24) is 9.88 Å². The van der Waals surface area contributed by atoms with E-state index in [1.165, 1.54) is 0 Å². The first-order chi connectivity index (χ1) is 8.99. The van der Waals surface area contributed by atoms with E-state index in [1.807, 2.05) is 12.1 Å². The number of hydrogen-bond donors (Lipinski definition) is 3. The minimum Gasteiger partial charge on any atom is -0.399 e. The molecule has 1 unspecified atom stereocenters. The molecule has 1 amide bonds. The summed E-state index contributed by atoms with van der Waals surface area (Å²) in [5.41, 5.74) is 7.85. The van der Waals surface area contributed by atoms with E-state index >= 15 is 0 Å². The van der Waals surface area contributed by atoms with Crippen LogP contribution in [0, 0.1) is 0 Å². The third-order valence-corrected chi connectivity index (χ3v) is 3.17. The lowest BCUT2D eigenvalue weighted by atomic mass is 10.1. The third kappa shape index (κ3) is 2.88. The predicted octanol–water partition coefficient (Wildman–Crippen LogP) is 1.59. The highest BCUT2D eigenvalue weighted by atomic mass is 16.3. The Kier molecular flexibility index (Phi) is 3.76. The molecule has 0 spiro atoms. The number of nitrogens with zero attached hydrogens (tertiary/aromatic N) is 1.